The van der Waals surface area contributed by atoms with E-state index in [0.717, 1.165) is 10.6 Å². The van der Waals surface area contributed by atoms with Gasteiger partial charge >= 0.3 is 0 Å². The number of halogens is 1. The summed E-state index contributed by atoms with van der Waals surface area (Å²) < 4.78 is 5.21. The van der Waals surface area contributed by atoms with E-state index < -0.39 is 0 Å². The lowest BCUT2D eigenvalue weighted by molar-refractivity contribution is 0.405. The van der Waals surface area contributed by atoms with Crippen LogP contribution in [0.3, 0.4) is 0 Å². The Morgan fingerprint density at radius 3 is 2.94 bits per heavy atom. The first-order chi connectivity index (χ1) is 8.22. The molecule has 4 nitrogen and oxygen atoms in total. The van der Waals surface area contributed by atoms with Gasteiger partial charge in [-0.3, -0.25) is 4.79 Å². The molecule has 2 rings (SSSR count). The third-order valence-electron chi connectivity index (χ3n) is 2.04. The number of aromatic nitrogens is 2. The molecular formula is C11H9ClN2O2S. The van der Waals surface area contributed by atoms with Crippen LogP contribution in [0.5, 0.6) is 5.75 Å². The minimum Gasteiger partial charge on any atom is -0.496 e. The Balaban J connectivity index is 2.38. The molecule has 0 atom stereocenters. The summed E-state index contributed by atoms with van der Waals surface area (Å²) in [6.07, 6.45) is 1.33. The molecule has 2 aromatic rings. The van der Waals surface area contributed by atoms with Gasteiger partial charge in [-0.25, -0.2) is 4.98 Å². The molecule has 0 spiro atoms. The number of ether oxygens (including phenoxy) is 1. The highest BCUT2D eigenvalue weighted by Gasteiger charge is 2.10. The third-order valence-corrected chi connectivity index (χ3v) is 3.56. The number of methoxy groups -OCH3 is 1. The van der Waals surface area contributed by atoms with Gasteiger partial charge in [-0.1, -0.05) is 35.5 Å². The molecule has 0 aliphatic carbocycles. The van der Waals surface area contributed by atoms with Crippen LogP contribution < -0.4 is 10.3 Å². The van der Waals surface area contributed by atoms with E-state index in [4.69, 9.17) is 16.3 Å². The van der Waals surface area contributed by atoms with Crippen LogP contribution in [-0.2, 0) is 0 Å². The number of rotatable bonds is 3. The van der Waals surface area contributed by atoms with Gasteiger partial charge in [-0.15, -0.1) is 0 Å². The van der Waals surface area contributed by atoms with Gasteiger partial charge in [0.05, 0.1) is 18.3 Å². The summed E-state index contributed by atoms with van der Waals surface area (Å²) in [5, 5.41) is 0.545. The maximum absolute atomic E-state index is 11.3. The van der Waals surface area contributed by atoms with E-state index in [-0.39, 0.29) is 10.6 Å². The highest BCUT2D eigenvalue weighted by atomic mass is 35.5. The number of hydrogen-bond donors (Lipinski definition) is 1. The van der Waals surface area contributed by atoms with Crippen molar-refractivity contribution >= 4 is 23.4 Å². The van der Waals surface area contributed by atoms with E-state index in [1.807, 2.05) is 24.3 Å². The van der Waals surface area contributed by atoms with Crippen molar-refractivity contribution in [3.63, 3.8) is 0 Å². The Bertz CT molecular complexity index is 586. The van der Waals surface area contributed by atoms with E-state index in [1.165, 1.54) is 18.1 Å². The molecule has 1 aromatic heterocycles. The van der Waals surface area contributed by atoms with Gasteiger partial charge in [-0.05, 0) is 12.1 Å². The summed E-state index contributed by atoms with van der Waals surface area (Å²) in [4.78, 5) is 18.6. The van der Waals surface area contributed by atoms with Crippen molar-refractivity contribution in [3.8, 4) is 5.75 Å². The Kier molecular flexibility index (Phi) is 3.71. The summed E-state index contributed by atoms with van der Waals surface area (Å²) in [5.41, 5.74) is -0.348. The van der Waals surface area contributed by atoms with Crippen LogP contribution in [0, 0.1) is 0 Å². The molecule has 0 bridgehead atoms. The highest BCUT2D eigenvalue weighted by molar-refractivity contribution is 7.99. The number of nitrogens with zero attached hydrogens (tertiary/aromatic N) is 1. The van der Waals surface area contributed by atoms with E-state index in [0.29, 0.717) is 5.03 Å². The second-order valence-electron chi connectivity index (χ2n) is 3.10. The smallest absolute Gasteiger partial charge is 0.270 e. The minimum absolute atomic E-state index is 0.0865. The predicted octanol–water partition coefficient (Wildman–Crippen LogP) is 2.58. The van der Waals surface area contributed by atoms with Gasteiger partial charge in [0.2, 0.25) is 0 Å². The summed E-state index contributed by atoms with van der Waals surface area (Å²) in [7, 11) is 1.59. The van der Waals surface area contributed by atoms with Crippen molar-refractivity contribution in [2.75, 3.05) is 7.11 Å². The van der Waals surface area contributed by atoms with Crippen LogP contribution in [0.1, 0.15) is 0 Å². The molecule has 1 heterocycles. The lowest BCUT2D eigenvalue weighted by Crippen LogP contribution is -2.07. The second-order valence-corrected chi connectivity index (χ2v) is 4.51. The van der Waals surface area contributed by atoms with Gasteiger partial charge in [0, 0.05) is 0 Å². The van der Waals surface area contributed by atoms with Crippen molar-refractivity contribution in [2.24, 2.45) is 0 Å². The van der Waals surface area contributed by atoms with Crippen LogP contribution in [0.4, 0.5) is 0 Å². The van der Waals surface area contributed by atoms with Crippen LogP contribution in [0.15, 0.2) is 45.3 Å². The molecule has 1 aromatic carbocycles. The minimum atomic E-state index is -0.348. The largest absolute Gasteiger partial charge is 0.496 e. The first-order valence-corrected chi connectivity index (χ1v) is 5.96. The molecule has 0 fully saturated rings. The SMILES string of the molecule is COc1ccccc1Sc1nc[nH]c(=O)c1Cl. The molecule has 6 heteroatoms. The Labute approximate surface area is 107 Å². The normalized spacial score (nSPS) is 10.2. The zero-order valence-electron chi connectivity index (χ0n) is 8.94. The van der Waals surface area contributed by atoms with E-state index >= 15 is 0 Å². The Morgan fingerprint density at radius 1 is 1.41 bits per heavy atom. The molecule has 88 valence electrons. The number of aromatic amines is 1. The summed E-state index contributed by atoms with van der Waals surface area (Å²) in [6.45, 7) is 0. The third kappa shape index (κ3) is 2.62. The maximum Gasteiger partial charge on any atom is 0.270 e. The van der Waals surface area contributed by atoms with Crippen LogP contribution in [0.25, 0.3) is 0 Å². The van der Waals surface area contributed by atoms with Crippen LogP contribution in [-0.4, -0.2) is 17.1 Å². The van der Waals surface area contributed by atoms with Gasteiger partial charge in [-0.2, -0.15) is 0 Å². The summed E-state index contributed by atoms with van der Waals surface area (Å²) >= 11 is 7.16. The molecule has 1 N–H and O–H groups in total. The molecule has 0 saturated heterocycles. The maximum atomic E-state index is 11.3. The number of benzene rings is 1. The second kappa shape index (κ2) is 5.25. The van der Waals surface area contributed by atoms with Crippen LogP contribution in [0.2, 0.25) is 5.02 Å². The number of H-pyrrole nitrogens is 1. The van der Waals surface area contributed by atoms with Gasteiger partial charge in [0.15, 0.2) is 0 Å². The molecule has 0 saturated carbocycles. The van der Waals surface area contributed by atoms with Gasteiger partial charge in [0.1, 0.15) is 15.8 Å². The average Bonchev–Trinajstić information content (AvgIpc) is 2.35. The fraction of sp³-hybridized carbons (Fsp3) is 0.0909. The van der Waals surface area contributed by atoms with E-state index in [1.54, 1.807) is 7.11 Å². The van der Waals surface area contributed by atoms with Crippen molar-refractivity contribution in [3.05, 3.63) is 46.0 Å². The predicted molar refractivity (Wildman–Crippen MR) is 67.0 cm³/mol. The van der Waals surface area contributed by atoms with Crippen molar-refractivity contribution in [2.45, 2.75) is 9.92 Å². The first kappa shape index (κ1) is 12.0. The van der Waals surface area contributed by atoms with Crippen molar-refractivity contribution in [1.29, 1.82) is 0 Å². The zero-order chi connectivity index (χ0) is 12.3. The topological polar surface area (TPSA) is 55.0 Å². The molecule has 0 unspecified atom stereocenters. The quantitative estimate of drug-likeness (QED) is 0.870. The zero-order valence-corrected chi connectivity index (χ0v) is 10.5. The van der Waals surface area contributed by atoms with E-state index in [9.17, 15) is 4.79 Å². The average molecular weight is 269 g/mol. The first-order valence-electron chi connectivity index (χ1n) is 4.76. The van der Waals surface area contributed by atoms with Gasteiger partial charge < -0.3 is 9.72 Å². The molecule has 17 heavy (non-hydrogen) atoms. The molecule has 0 radical (unpaired) electrons. The number of para-hydroxylation sites is 1. The Morgan fingerprint density at radius 2 is 2.18 bits per heavy atom. The lowest BCUT2D eigenvalue weighted by atomic mass is 10.3. The molecule has 0 aliphatic rings. The summed E-state index contributed by atoms with van der Waals surface area (Å²) in [5.74, 6) is 0.718. The molecule has 0 amide bonds. The van der Waals surface area contributed by atoms with E-state index in [2.05, 4.69) is 9.97 Å². The fourth-order valence-electron chi connectivity index (χ4n) is 1.25. The standard InChI is InChI=1S/C11H9ClN2O2S/c1-16-7-4-2-3-5-8(7)17-11-9(12)10(15)13-6-14-11/h2-6H,1H3,(H,13,14,15). The number of nitrogens with one attached hydrogen (secondary N) is 1. The fourth-order valence-corrected chi connectivity index (χ4v) is 2.36. The molecule has 0 aliphatic heterocycles. The highest BCUT2D eigenvalue weighted by Crippen LogP contribution is 2.35. The molecular weight excluding hydrogens is 260 g/mol. The Hall–Kier alpha value is -1.46. The lowest BCUT2D eigenvalue weighted by Gasteiger charge is -2.07. The number of hydrogen-bond acceptors (Lipinski definition) is 4. The summed E-state index contributed by atoms with van der Waals surface area (Å²) in [6, 6.07) is 7.47. The van der Waals surface area contributed by atoms with Gasteiger partial charge in [0.25, 0.3) is 5.56 Å². The van der Waals surface area contributed by atoms with Crippen molar-refractivity contribution in [1.82, 2.24) is 9.97 Å². The monoisotopic (exact) mass is 268 g/mol. The van der Waals surface area contributed by atoms with Crippen LogP contribution >= 0.6 is 23.4 Å². The van der Waals surface area contributed by atoms with Crippen molar-refractivity contribution < 1.29 is 4.74 Å².